The minimum Gasteiger partial charge on any atom is -0.374 e. The van der Waals surface area contributed by atoms with Crippen LogP contribution in [0.5, 0.6) is 0 Å². The Morgan fingerprint density at radius 1 is 1.19 bits per heavy atom. The molecule has 0 radical (unpaired) electrons. The van der Waals surface area contributed by atoms with Gasteiger partial charge in [0.15, 0.2) is 0 Å². The van der Waals surface area contributed by atoms with Crippen LogP contribution in [0.4, 0.5) is 0 Å². The summed E-state index contributed by atoms with van der Waals surface area (Å²) in [6.07, 6.45) is 2.15. The molecule has 3 nitrogen and oxygen atoms in total. The summed E-state index contributed by atoms with van der Waals surface area (Å²) < 4.78 is 8.11. The van der Waals surface area contributed by atoms with E-state index in [1.165, 1.54) is 16.5 Å². The van der Waals surface area contributed by atoms with Gasteiger partial charge in [-0.3, -0.25) is 0 Å². The summed E-state index contributed by atoms with van der Waals surface area (Å²) in [4.78, 5) is 0. The summed E-state index contributed by atoms with van der Waals surface area (Å²) in [5, 5.41) is 4.76. The Balaban J connectivity index is 2.07. The molecule has 0 spiro atoms. The number of hydrogen-bond acceptors (Lipinski definition) is 2. The van der Waals surface area contributed by atoms with Crippen molar-refractivity contribution < 1.29 is 4.74 Å². The quantitative estimate of drug-likeness (QED) is 0.871. The first kappa shape index (κ1) is 16.1. The van der Waals surface area contributed by atoms with Crippen LogP contribution in [0.3, 0.4) is 0 Å². The van der Waals surface area contributed by atoms with Crippen LogP contribution in [0.2, 0.25) is 0 Å². The van der Waals surface area contributed by atoms with Crippen molar-refractivity contribution in [2.24, 2.45) is 0 Å². The highest BCUT2D eigenvalue weighted by atomic mass is 16.5. The molecule has 1 N–H and O–H groups in total. The highest BCUT2D eigenvalue weighted by Gasteiger charge is 2.10. The number of ether oxygens (including phenoxy) is 1. The second kappa shape index (κ2) is 6.63. The average Bonchev–Trinajstić information content (AvgIpc) is 2.78. The predicted octanol–water partition coefficient (Wildman–Crippen LogP) is 3.95. The molecule has 2 aromatic rings. The molecule has 0 aliphatic carbocycles. The van der Waals surface area contributed by atoms with E-state index in [2.05, 4.69) is 75.0 Å². The minimum absolute atomic E-state index is 0.0741. The van der Waals surface area contributed by atoms with E-state index in [-0.39, 0.29) is 5.60 Å². The van der Waals surface area contributed by atoms with Gasteiger partial charge in [-0.1, -0.05) is 26.0 Å². The lowest BCUT2D eigenvalue weighted by molar-refractivity contribution is -0.00644. The molecule has 0 unspecified atom stereocenters. The number of hydrogen-bond donors (Lipinski definition) is 1. The first-order chi connectivity index (χ1) is 9.85. The summed E-state index contributed by atoms with van der Waals surface area (Å²) in [5.41, 5.74) is 2.54. The van der Waals surface area contributed by atoms with Crippen LogP contribution in [0.25, 0.3) is 10.9 Å². The Kier molecular flexibility index (Phi) is 5.07. The number of rotatable bonds is 6. The van der Waals surface area contributed by atoms with Crippen molar-refractivity contribution in [1.29, 1.82) is 0 Å². The van der Waals surface area contributed by atoms with E-state index in [0.29, 0.717) is 6.04 Å². The number of aromatic nitrogens is 1. The highest BCUT2D eigenvalue weighted by Crippen LogP contribution is 2.18. The van der Waals surface area contributed by atoms with Gasteiger partial charge in [-0.05, 0) is 43.9 Å². The largest absolute Gasteiger partial charge is 0.374 e. The maximum Gasteiger partial charge on any atom is 0.0652 e. The molecule has 0 saturated carbocycles. The Morgan fingerprint density at radius 3 is 2.62 bits per heavy atom. The lowest BCUT2D eigenvalue weighted by Gasteiger charge is -2.20. The number of fused-ring (bicyclic) bond motifs is 1. The van der Waals surface area contributed by atoms with Crippen molar-refractivity contribution in [2.45, 2.75) is 59.4 Å². The molecule has 0 aliphatic rings. The Bertz CT molecular complexity index is 578. The highest BCUT2D eigenvalue weighted by molar-refractivity contribution is 5.80. The third-order valence-electron chi connectivity index (χ3n) is 3.42. The van der Waals surface area contributed by atoms with Crippen LogP contribution < -0.4 is 5.32 Å². The molecule has 1 heterocycles. The van der Waals surface area contributed by atoms with Crippen LogP contribution in [0, 0.1) is 0 Å². The molecule has 3 heteroatoms. The van der Waals surface area contributed by atoms with Crippen molar-refractivity contribution in [3.8, 4) is 0 Å². The number of nitrogens with one attached hydrogen (secondary N) is 1. The molecule has 0 bridgehead atoms. The van der Waals surface area contributed by atoms with Gasteiger partial charge in [0.25, 0.3) is 0 Å². The van der Waals surface area contributed by atoms with Crippen molar-refractivity contribution in [1.82, 2.24) is 9.88 Å². The standard InChI is InChI=1S/C18H28N2O/c1-14(2)19-13-15-6-7-16-8-9-20(17(16)12-15)10-11-21-18(3,4)5/h6-9,12,14,19H,10-11,13H2,1-5H3. The van der Waals surface area contributed by atoms with Crippen molar-refractivity contribution in [3.63, 3.8) is 0 Å². The number of nitrogens with zero attached hydrogens (tertiary/aromatic N) is 1. The van der Waals surface area contributed by atoms with Gasteiger partial charge in [0.2, 0.25) is 0 Å². The van der Waals surface area contributed by atoms with E-state index in [4.69, 9.17) is 4.74 Å². The van der Waals surface area contributed by atoms with Crippen LogP contribution >= 0.6 is 0 Å². The van der Waals surface area contributed by atoms with E-state index >= 15 is 0 Å². The molecule has 0 aliphatic heterocycles. The summed E-state index contributed by atoms with van der Waals surface area (Å²) in [5.74, 6) is 0. The van der Waals surface area contributed by atoms with Gasteiger partial charge in [-0.2, -0.15) is 0 Å². The maximum atomic E-state index is 5.83. The van der Waals surface area contributed by atoms with Gasteiger partial charge in [0, 0.05) is 30.8 Å². The smallest absolute Gasteiger partial charge is 0.0652 e. The molecule has 1 aromatic carbocycles. The Hall–Kier alpha value is -1.32. The molecule has 0 amide bonds. The van der Waals surface area contributed by atoms with E-state index in [0.717, 1.165) is 19.7 Å². The summed E-state index contributed by atoms with van der Waals surface area (Å²) >= 11 is 0. The fourth-order valence-corrected chi connectivity index (χ4v) is 2.31. The van der Waals surface area contributed by atoms with Crippen molar-refractivity contribution >= 4 is 10.9 Å². The van der Waals surface area contributed by atoms with Gasteiger partial charge in [-0.15, -0.1) is 0 Å². The fourth-order valence-electron chi connectivity index (χ4n) is 2.31. The molecule has 0 atom stereocenters. The lowest BCUT2D eigenvalue weighted by atomic mass is 10.1. The predicted molar refractivity (Wildman–Crippen MR) is 89.6 cm³/mol. The summed E-state index contributed by atoms with van der Waals surface area (Å²) in [6.45, 7) is 13.2. The first-order valence-corrected chi connectivity index (χ1v) is 7.80. The van der Waals surface area contributed by atoms with E-state index in [1.807, 2.05) is 0 Å². The summed E-state index contributed by atoms with van der Waals surface area (Å²) in [6, 6.07) is 9.36. The van der Waals surface area contributed by atoms with Crippen LogP contribution in [-0.4, -0.2) is 22.8 Å². The van der Waals surface area contributed by atoms with E-state index < -0.39 is 0 Å². The first-order valence-electron chi connectivity index (χ1n) is 7.80. The topological polar surface area (TPSA) is 26.2 Å². The van der Waals surface area contributed by atoms with Crippen LogP contribution in [0.1, 0.15) is 40.2 Å². The average molecular weight is 288 g/mol. The van der Waals surface area contributed by atoms with Gasteiger partial charge in [0.05, 0.1) is 12.2 Å². The Labute approximate surface area is 128 Å². The molecule has 21 heavy (non-hydrogen) atoms. The van der Waals surface area contributed by atoms with Crippen LogP contribution in [-0.2, 0) is 17.8 Å². The van der Waals surface area contributed by atoms with Crippen molar-refractivity contribution in [2.75, 3.05) is 6.61 Å². The second-order valence-electron chi connectivity index (χ2n) is 6.90. The molecule has 1 aromatic heterocycles. The van der Waals surface area contributed by atoms with Gasteiger partial charge in [0.1, 0.15) is 0 Å². The molecule has 0 saturated heterocycles. The third-order valence-corrected chi connectivity index (χ3v) is 3.42. The van der Waals surface area contributed by atoms with Crippen molar-refractivity contribution in [3.05, 3.63) is 36.0 Å². The monoisotopic (exact) mass is 288 g/mol. The molecular weight excluding hydrogens is 260 g/mol. The zero-order valence-electron chi connectivity index (χ0n) is 13.9. The molecular formula is C18H28N2O. The zero-order chi connectivity index (χ0) is 15.5. The van der Waals surface area contributed by atoms with Crippen LogP contribution in [0.15, 0.2) is 30.5 Å². The third kappa shape index (κ3) is 4.87. The van der Waals surface area contributed by atoms with Gasteiger partial charge < -0.3 is 14.6 Å². The number of benzene rings is 1. The fraction of sp³-hybridized carbons (Fsp3) is 0.556. The lowest BCUT2D eigenvalue weighted by Crippen LogP contribution is -2.22. The van der Waals surface area contributed by atoms with E-state index in [9.17, 15) is 0 Å². The Morgan fingerprint density at radius 2 is 1.95 bits per heavy atom. The van der Waals surface area contributed by atoms with Gasteiger partial charge >= 0.3 is 0 Å². The SMILES string of the molecule is CC(C)NCc1ccc2ccn(CCOC(C)(C)C)c2c1. The maximum absolute atomic E-state index is 5.83. The van der Waals surface area contributed by atoms with Gasteiger partial charge in [-0.25, -0.2) is 0 Å². The molecule has 0 fully saturated rings. The zero-order valence-corrected chi connectivity index (χ0v) is 13.9. The summed E-state index contributed by atoms with van der Waals surface area (Å²) in [7, 11) is 0. The normalized spacial score (nSPS) is 12.5. The molecule has 116 valence electrons. The minimum atomic E-state index is -0.0741. The van der Waals surface area contributed by atoms with E-state index in [1.54, 1.807) is 0 Å². The second-order valence-corrected chi connectivity index (χ2v) is 6.90. The molecule has 2 rings (SSSR count).